The fourth-order valence-electron chi connectivity index (χ4n) is 4.19. The third-order valence-electron chi connectivity index (χ3n) is 5.98. The van der Waals surface area contributed by atoms with Crippen LogP contribution >= 0.6 is 0 Å². The summed E-state index contributed by atoms with van der Waals surface area (Å²) in [6, 6.07) is 28.1. The second kappa shape index (κ2) is 9.69. The molecule has 0 saturated carbocycles. The lowest BCUT2D eigenvalue weighted by molar-refractivity contribution is -0.122. The first-order valence-corrected chi connectivity index (χ1v) is 11.4. The number of aromatic amines is 1. The minimum absolute atomic E-state index is 0.266. The van der Waals surface area contributed by atoms with Gasteiger partial charge < -0.3 is 15.6 Å². The number of benzene rings is 3. The Morgan fingerprint density at radius 1 is 0.943 bits per heavy atom. The van der Waals surface area contributed by atoms with Gasteiger partial charge in [0.2, 0.25) is 5.91 Å². The van der Waals surface area contributed by atoms with Crippen molar-refractivity contribution in [2.24, 2.45) is 0 Å². The molecule has 5 aromatic rings. The summed E-state index contributed by atoms with van der Waals surface area (Å²) in [5.74, 6) is -0.644. The van der Waals surface area contributed by atoms with Gasteiger partial charge in [0, 0.05) is 36.1 Å². The van der Waals surface area contributed by atoms with Crippen molar-refractivity contribution in [3.05, 3.63) is 108 Å². The van der Waals surface area contributed by atoms with Crippen molar-refractivity contribution in [3.8, 4) is 16.9 Å². The van der Waals surface area contributed by atoms with Gasteiger partial charge in [-0.25, -0.2) is 4.68 Å². The number of carbonyl (C=O) groups is 2. The highest BCUT2D eigenvalue weighted by molar-refractivity contribution is 5.98. The molecule has 2 amide bonds. The highest BCUT2D eigenvalue weighted by Gasteiger charge is 2.25. The molecule has 1 unspecified atom stereocenters. The van der Waals surface area contributed by atoms with Crippen LogP contribution in [0.25, 0.3) is 27.8 Å². The zero-order chi connectivity index (χ0) is 24.2. The van der Waals surface area contributed by atoms with Crippen LogP contribution in [0.5, 0.6) is 0 Å². The number of nitrogens with one attached hydrogen (secondary N) is 3. The van der Waals surface area contributed by atoms with Crippen LogP contribution in [0.2, 0.25) is 0 Å². The number of fused-ring (bicyclic) bond motifs is 1. The number of hydrogen-bond acceptors (Lipinski definition) is 3. The van der Waals surface area contributed by atoms with Crippen LogP contribution in [0.4, 0.5) is 0 Å². The molecule has 35 heavy (non-hydrogen) atoms. The second-order valence-electron chi connectivity index (χ2n) is 8.23. The Hall–Kier alpha value is -4.65. The molecule has 0 spiro atoms. The van der Waals surface area contributed by atoms with Crippen LogP contribution in [-0.4, -0.2) is 39.7 Å². The van der Waals surface area contributed by atoms with E-state index in [2.05, 4.69) is 15.6 Å². The van der Waals surface area contributed by atoms with Gasteiger partial charge in [0.1, 0.15) is 11.7 Å². The average Bonchev–Trinajstić information content (AvgIpc) is 3.54. The Kier molecular flexibility index (Phi) is 6.13. The lowest BCUT2D eigenvalue weighted by Gasteiger charge is -2.17. The van der Waals surface area contributed by atoms with Crippen molar-refractivity contribution in [1.82, 2.24) is 25.4 Å². The van der Waals surface area contributed by atoms with E-state index in [0.717, 1.165) is 27.7 Å². The summed E-state index contributed by atoms with van der Waals surface area (Å²) < 4.78 is 1.62. The molecule has 0 aliphatic carbocycles. The SMILES string of the molecule is CNC(=O)C(Cc1c[nH]c2ccccc12)NC(=O)c1cc(-c2ccccc2)nn1-c1ccccc1. The number of carbonyl (C=O) groups excluding carboxylic acids is 2. The molecule has 2 aromatic heterocycles. The van der Waals surface area contributed by atoms with E-state index in [0.29, 0.717) is 17.8 Å². The molecule has 1 atom stereocenters. The number of hydrogen-bond donors (Lipinski definition) is 3. The van der Waals surface area contributed by atoms with E-state index < -0.39 is 6.04 Å². The fraction of sp³-hybridized carbons (Fsp3) is 0.107. The van der Waals surface area contributed by atoms with Gasteiger partial charge in [-0.15, -0.1) is 0 Å². The maximum absolute atomic E-state index is 13.5. The van der Waals surface area contributed by atoms with E-state index >= 15 is 0 Å². The van der Waals surface area contributed by atoms with Crippen LogP contribution in [0, 0.1) is 0 Å². The van der Waals surface area contributed by atoms with E-state index in [9.17, 15) is 9.59 Å². The minimum atomic E-state index is -0.758. The van der Waals surface area contributed by atoms with Crippen LogP contribution < -0.4 is 10.6 Å². The number of H-pyrrole nitrogens is 1. The van der Waals surface area contributed by atoms with Crippen LogP contribution in [0.3, 0.4) is 0 Å². The molecule has 7 nitrogen and oxygen atoms in total. The van der Waals surface area contributed by atoms with Gasteiger partial charge in [-0.2, -0.15) is 5.10 Å². The lowest BCUT2D eigenvalue weighted by atomic mass is 10.0. The van der Waals surface area contributed by atoms with Gasteiger partial charge in [-0.05, 0) is 29.8 Å². The second-order valence-corrected chi connectivity index (χ2v) is 8.23. The summed E-state index contributed by atoms with van der Waals surface area (Å²) in [4.78, 5) is 29.5. The van der Waals surface area contributed by atoms with Crippen molar-refractivity contribution in [2.75, 3.05) is 7.05 Å². The minimum Gasteiger partial charge on any atom is -0.361 e. The topological polar surface area (TPSA) is 91.8 Å². The molecule has 3 aromatic carbocycles. The maximum atomic E-state index is 13.5. The van der Waals surface area contributed by atoms with E-state index in [1.54, 1.807) is 17.8 Å². The Bertz CT molecular complexity index is 1470. The molecule has 174 valence electrons. The van der Waals surface area contributed by atoms with Gasteiger partial charge in [-0.1, -0.05) is 66.7 Å². The standard InChI is InChI=1S/C28H25N5O2/c1-29-27(34)25(16-20-18-30-23-15-9-8-14-22(20)23)31-28(35)26-17-24(19-10-4-2-5-11-19)32-33(26)21-12-6-3-7-13-21/h2-15,17-18,25,30H,16H2,1H3,(H,29,34)(H,31,35). The molecule has 7 heteroatoms. The number of nitrogens with zero attached hydrogens (tertiary/aromatic N) is 2. The highest BCUT2D eigenvalue weighted by atomic mass is 16.2. The molecule has 0 radical (unpaired) electrons. The summed E-state index contributed by atoms with van der Waals surface area (Å²) in [6.07, 6.45) is 2.23. The summed E-state index contributed by atoms with van der Waals surface area (Å²) in [7, 11) is 1.57. The van der Waals surface area contributed by atoms with Gasteiger partial charge in [0.15, 0.2) is 0 Å². The fourth-order valence-corrected chi connectivity index (χ4v) is 4.19. The van der Waals surface area contributed by atoms with Crippen LogP contribution in [0.15, 0.2) is 97.2 Å². The Balaban J connectivity index is 1.49. The summed E-state index contributed by atoms with van der Waals surface area (Å²) in [6.45, 7) is 0. The van der Waals surface area contributed by atoms with E-state index in [1.807, 2.05) is 91.1 Å². The average molecular weight is 464 g/mol. The third kappa shape index (κ3) is 4.56. The van der Waals surface area contributed by atoms with Crippen LogP contribution in [0.1, 0.15) is 16.1 Å². The number of aromatic nitrogens is 3. The monoisotopic (exact) mass is 463 g/mol. The predicted octanol–water partition coefficient (Wildman–Crippen LogP) is 4.11. The molecule has 0 bridgehead atoms. The van der Waals surface area contributed by atoms with Gasteiger partial charge >= 0.3 is 0 Å². The Labute approximate surface area is 202 Å². The molecule has 0 fully saturated rings. The summed E-state index contributed by atoms with van der Waals surface area (Å²) in [5.41, 5.74) is 4.62. The molecule has 0 saturated heterocycles. The van der Waals surface area contributed by atoms with Gasteiger partial charge in [0.05, 0.1) is 11.4 Å². The molecule has 0 aliphatic heterocycles. The number of rotatable bonds is 7. The Morgan fingerprint density at radius 2 is 1.63 bits per heavy atom. The first kappa shape index (κ1) is 22.2. The predicted molar refractivity (Wildman–Crippen MR) is 136 cm³/mol. The van der Waals surface area contributed by atoms with Gasteiger partial charge in [0.25, 0.3) is 5.91 Å². The zero-order valence-corrected chi connectivity index (χ0v) is 19.2. The van der Waals surface area contributed by atoms with E-state index in [1.165, 1.54) is 0 Å². The third-order valence-corrected chi connectivity index (χ3v) is 5.98. The first-order valence-electron chi connectivity index (χ1n) is 11.4. The zero-order valence-electron chi connectivity index (χ0n) is 19.2. The quantitative estimate of drug-likeness (QED) is 0.339. The summed E-state index contributed by atoms with van der Waals surface area (Å²) >= 11 is 0. The molecule has 3 N–H and O–H groups in total. The van der Waals surface area contributed by atoms with Crippen molar-refractivity contribution in [2.45, 2.75) is 12.5 Å². The van der Waals surface area contributed by atoms with Crippen LogP contribution in [-0.2, 0) is 11.2 Å². The van der Waals surface area contributed by atoms with Crippen molar-refractivity contribution in [1.29, 1.82) is 0 Å². The number of amides is 2. The first-order chi connectivity index (χ1) is 17.1. The number of likely N-dealkylation sites (N-methyl/N-ethyl adjacent to an activating group) is 1. The highest BCUT2D eigenvalue weighted by Crippen LogP contribution is 2.23. The van der Waals surface area contributed by atoms with Crippen molar-refractivity contribution >= 4 is 22.7 Å². The van der Waals surface area contributed by atoms with Gasteiger partial charge in [-0.3, -0.25) is 9.59 Å². The van der Waals surface area contributed by atoms with Crippen molar-refractivity contribution < 1.29 is 9.59 Å². The molecule has 5 rings (SSSR count). The van der Waals surface area contributed by atoms with E-state index in [4.69, 9.17) is 5.10 Å². The molecular formula is C28H25N5O2. The molecule has 2 heterocycles. The van der Waals surface area contributed by atoms with E-state index in [-0.39, 0.29) is 11.8 Å². The maximum Gasteiger partial charge on any atom is 0.270 e. The van der Waals surface area contributed by atoms with Crippen molar-refractivity contribution in [3.63, 3.8) is 0 Å². The summed E-state index contributed by atoms with van der Waals surface area (Å²) in [5, 5.41) is 11.3. The number of para-hydroxylation sites is 2. The Morgan fingerprint density at radius 3 is 2.37 bits per heavy atom. The largest absolute Gasteiger partial charge is 0.361 e. The smallest absolute Gasteiger partial charge is 0.270 e. The molecular weight excluding hydrogens is 438 g/mol. The molecule has 0 aliphatic rings. The normalized spacial score (nSPS) is 11.8. The lowest BCUT2D eigenvalue weighted by Crippen LogP contribution is -2.47.